The van der Waals surface area contributed by atoms with Gasteiger partial charge in [0.2, 0.25) is 0 Å². The first kappa shape index (κ1) is 18.1. The van der Waals surface area contributed by atoms with Gasteiger partial charge in [-0.25, -0.2) is 0 Å². The number of benzene rings is 1. The predicted molar refractivity (Wildman–Crippen MR) is 97.0 cm³/mol. The van der Waals surface area contributed by atoms with E-state index in [1.165, 1.54) is 11.8 Å². The Hall–Kier alpha value is -2.74. The van der Waals surface area contributed by atoms with Gasteiger partial charge < -0.3 is 18.5 Å². The van der Waals surface area contributed by atoms with Crippen LogP contribution in [0.4, 0.5) is 0 Å². The molecule has 0 saturated carbocycles. The molecule has 0 saturated heterocycles. The van der Waals surface area contributed by atoms with E-state index in [-0.39, 0.29) is 11.0 Å². The van der Waals surface area contributed by atoms with Gasteiger partial charge in [0, 0.05) is 5.56 Å². The van der Waals surface area contributed by atoms with E-state index in [1.807, 2.05) is 23.6 Å². The summed E-state index contributed by atoms with van der Waals surface area (Å²) in [6, 6.07) is 8.85. The Morgan fingerprint density at radius 2 is 2.08 bits per heavy atom. The van der Waals surface area contributed by atoms with Crippen LogP contribution in [0.1, 0.15) is 23.0 Å². The van der Waals surface area contributed by atoms with Crippen molar-refractivity contribution in [3.8, 4) is 11.5 Å². The zero-order chi connectivity index (χ0) is 18.5. The molecule has 136 valence electrons. The number of ether oxygens (including phenoxy) is 2. The molecule has 1 aromatic carbocycles. The van der Waals surface area contributed by atoms with E-state index in [1.54, 1.807) is 45.0 Å². The molecular formula is C18H19N3O4S. The van der Waals surface area contributed by atoms with E-state index in [0.717, 1.165) is 5.76 Å². The molecular weight excluding hydrogens is 354 g/mol. The monoisotopic (exact) mass is 373 g/mol. The number of thioether (sulfide) groups is 1. The number of methoxy groups -OCH3 is 2. The number of carbonyl (C=O) groups is 1. The molecule has 0 radical (unpaired) electrons. The highest BCUT2D eigenvalue weighted by atomic mass is 32.2. The van der Waals surface area contributed by atoms with Gasteiger partial charge in [0.25, 0.3) is 0 Å². The van der Waals surface area contributed by atoms with E-state index in [2.05, 4.69) is 10.2 Å². The van der Waals surface area contributed by atoms with Crippen LogP contribution >= 0.6 is 11.8 Å². The van der Waals surface area contributed by atoms with Crippen LogP contribution < -0.4 is 9.47 Å². The van der Waals surface area contributed by atoms with Crippen LogP contribution in [0, 0.1) is 0 Å². The summed E-state index contributed by atoms with van der Waals surface area (Å²) in [5.74, 6) is 1.88. The molecule has 2 aromatic heterocycles. The van der Waals surface area contributed by atoms with E-state index in [0.29, 0.717) is 28.8 Å². The number of aromatic nitrogens is 3. The van der Waals surface area contributed by atoms with E-state index in [4.69, 9.17) is 13.9 Å². The summed E-state index contributed by atoms with van der Waals surface area (Å²) >= 11 is 1.35. The molecule has 8 heteroatoms. The number of ketones is 1. The molecule has 1 atom stereocenters. The van der Waals surface area contributed by atoms with Gasteiger partial charge in [-0.3, -0.25) is 4.79 Å². The molecule has 3 aromatic rings. The van der Waals surface area contributed by atoms with Gasteiger partial charge in [-0.1, -0.05) is 11.8 Å². The van der Waals surface area contributed by atoms with Crippen molar-refractivity contribution in [1.29, 1.82) is 0 Å². The molecule has 0 aliphatic carbocycles. The lowest BCUT2D eigenvalue weighted by Crippen LogP contribution is -2.15. The quantitative estimate of drug-likeness (QED) is 0.443. The van der Waals surface area contributed by atoms with E-state index >= 15 is 0 Å². The van der Waals surface area contributed by atoms with Gasteiger partial charge in [-0.2, -0.15) is 0 Å². The lowest BCUT2D eigenvalue weighted by Gasteiger charge is -2.13. The van der Waals surface area contributed by atoms with Crippen molar-refractivity contribution in [2.24, 2.45) is 0 Å². The van der Waals surface area contributed by atoms with Gasteiger partial charge in [0.1, 0.15) is 12.1 Å². The van der Waals surface area contributed by atoms with Crippen LogP contribution in [-0.2, 0) is 6.54 Å². The normalized spacial score (nSPS) is 12.0. The number of nitrogens with zero attached hydrogens (tertiary/aromatic N) is 3. The molecule has 0 bridgehead atoms. The van der Waals surface area contributed by atoms with Crippen LogP contribution in [0.15, 0.2) is 52.5 Å². The molecule has 0 amide bonds. The first-order valence-corrected chi connectivity index (χ1v) is 8.83. The Morgan fingerprint density at radius 1 is 1.27 bits per heavy atom. The maximum Gasteiger partial charge on any atom is 0.192 e. The third kappa shape index (κ3) is 3.91. The van der Waals surface area contributed by atoms with Crippen LogP contribution in [0.25, 0.3) is 0 Å². The molecule has 1 unspecified atom stereocenters. The number of hydrogen-bond acceptors (Lipinski definition) is 7. The zero-order valence-corrected chi connectivity index (χ0v) is 15.5. The van der Waals surface area contributed by atoms with Crippen LogP contribution in [0.5, 0.6) is 11.5 Å². The molecule has 3 rings (SSSR count). The zero-order valence-electron chi connectivity index (χ0n) is 14.7. The Kier molecular flexibility index (Phi) is 5.62. The highest BCUT2D eigenvalue weighted by molar-refractivity contribution is 8.00. The van der Waals surface area contributed by atoms with Crippen LogP contribution in [0.2, 0.25) is 0 Å². The molecule has 0 N–H and O–H groups in total. The van der Waals surface area contributed by atoms with Gasteiger partial charge >= 0.3 is 0 Å². The van der Waals surface area contributed by atoms with Crippen molar-refractivity contribution in [1.82, 2.24) is 14.8 Å². The second-order valence-corrected chi connectivity index (χ2v) is 6.82. The smallest absolute Gasteiger partial charge is 0.192 e. The largest absolute Gasteiger partial charge is 0.493 e. The SMILES string of the molecule is COc1ccc(C(=O)C(C)Sc2nncn2Cc2ccco2)cc1OC. The minimum Gasteiger partial charge on any atom is -0.493 e. The van der Waals surface area contributed by atoms with Crippen molar-refractivity contribution in [2.45, 2.75) is 23.9 Å². The van der Waals surface area contributed by atoms with Crippen molar-refractivity contribution in [2.75, 3.05) is 14.2 Å². The maximum atomic E-state index is 12.8. The lowest BCUT2D eigenvalue weighted by atomic mass is 10.1. The summed E-state index contributed by atoms with van der Waals surface area (Å²) in [4.78, 5) is 12.8. The fourth-order valence-electron chi connectivity index (χ4n) is 2.45. The molecule has 2 heterocycles. The average molecular weight is 373 g/mol. The summed E-state index contributed by atoms with van der Waals surface area (Å²) in [5, 5.41) is 8.37. The van der Waals surface area contributed by atoms with Gasteiger partial charge in [0.15, 0.2) is 22.4 Å². The molecule has 0 aliphatic heterocycles. The number of carbonyl (C=O) groups excluding carboxylic acids is 1. The van der Waals surface area contributed by atoms with E-state index < -0.39 is 0 Å². The van der Waals surface area contributed by atoms with Crippen molar-refractivity contribution >= 4 is 17.5 Å². The Labute approximate surface area is 155 Å². The second-order valence-electron chi connectivity index (χ2n) is 5.51. The van der Waals surface area contributed by atoms with Crippen LogP contribution in [0.3, 0.4) is 0 Å². The summed E-state index contributed by atoms with van der Waals surface area (Å²) in [5.41, 5.74) is 0.555. The minimum atomic E-state index is -0.340. The minimum absolute atomic E-state index is 0.0245. The van der Waals surface area contributed by atoms with E-state index in [9.17, 15) is 4.79 Å². The fourth-order valence-corrected chi connectivity index (χ4v) is 3.35. The molecule has 0 aliphatic rings. The Morgan fingerprint density at radius 3 is 2.77 bits per heavy atom. The van der Waals surface area contributed by atoms with Crippen molar-refractivity contribution in [3.63, 3.8) is 0 Å². The topological polar surface area (TPSA) is 79.4 Å². The first-order valence-electron chi connectivity index (χ1n) is 7.95. The maximum absolute atomic E-state index is 12.8. The average Bonchev–Trinajstić information content (AvgIpc) is 3.33. The summed E-state index contributed by atoms with van der Waals surface area (Å²) in [6.07, 6.45) is 3.24. The van der Waals surface area contributed by atoms with Gasteiger partial charge in [-0.15, -0.1) is 10.2 Å². The predicted octanol–water partition coefficient (Wildman–Crippen LogP) is 3.30. The van der Waals surface area contributed by atoms with Gasteiger partial charge in [0.05, 0.1) is 32.3 Å². The molecule has 0 fully saturated rings. The fraction of sp³-hybridized carbons (Fsp3) is 0.278. The Balaban J connectivity index is 1.73. The van der Waals surface area contributed by atoms with Crippen molar-refractivity contribution < 1.29 is 18.7 Å². The van der Waals surface area contributed by atoms with Gasteiger partial charge in [-0.05, 0) is 37.3 Å². The standard InChI is InChI=1S/C18H19N3O4S/c1-12(17(22)13-6-7-15(23-2)16(9-13)24-3)26-18-20-19-11-21(18)10-14-5-4-8-25-14/h4-9,11-12H,10H2,1-3H3. The molecule has 0 spiro atoms. The number of furan rings is 1. The summed E-state index contributed by atoms with van der Waals surface area (Å²) in [6.45, 7) is 2.36. The van der Waals surface area contributed by atoms with Crippen molar-refractivity contribution in [3.05, 3.63) is 54.2 Å². The highest BCUT2D eigenvalue weighted by Gasteiger charge is 2.21. The highest BCUT2D eigenvalue weighted by Crippen LogP contribution is 2.30. The lowest BCUT2D eigenvalue weighted by molar-refractivity contribution is 0.0993. The van der Waals surface area contributed by atoms with Crippen LogP contribution in [-0.4, -0.2) is 40.0 Å². The Bertz CT molecular complexity index is 876. The third-order valence-electron chi connectivity index (χ3n) is 3.81. The number of Topliss-reactive ketones (excluding diaryl/α,β-unsaturated/α-hetero) is 1. The number of hydrogen-bond donors (Lipinski definition) is 0. The summed E-state index contributed by atoms with van der Waals surface area (Å²) in [7, 11) is 3.10. The molecule has 26 heavy (non-hydrogen) atoms. The third-order valence-corrected chi connectivity index (χ3v) is 4.90. The first-order chi connectivity index (χ1) is 12.6. The molecule has 7 nitrogen and oxygen atoms in total. The summed E-state index contributed by atoms with van der Waals surface area (Å²) < 4.78 is 17.7. The second kappa shape index (κ2) is 8.09. The number of rotatable bonds is 8.